The van der Waals surface area contributed by atoms with Gasteiger partial charge in [0, 0.05) is 55.3 Å². The third-order valence-corrected chi connectivity index (χ3v) is 5.62. The van der Waals surface area contributed by atoms with Crippen LogP contribution in [0.4, 0.5) is 5.69 Å². The Morgan fingerprint density at radius 1 is 1.19 bits per heavy atom. The maximum absolute atomic E-state index is 6.16. The summed E-state index contributed by atoms with van der Waals surface area (Å²) in [5.74, 6) is 0.862. The lowest BCUT2D eigenvalue weighted by molar-refractivity contribution is 0.649. The van der Waals surface area contributed by atoms with E-state index in [1.54, 1.807) is 6.20 Å². The molecule has 1 unspecified atom stereocenters. The lowest BCUT2D eigenvalue weighted by Crippen LogP contribution is -2.44. The van der Waals surface area contributed by atoms with E-state index in [-0.39, 0.29) is 0 Å². The highest BCUT2D eigenvalue weighted by atomic mass is 35.5. The molecule has 0 saturated carbocycles. The van der Waals surface area contributed by atoms with Crippen molar-refractivity contribution >= 4 is 23.2 Å². The van der Waals surface area contributed by atoms with E-state index < -0.39 is 0 Å². The molecule has 0 amide bonds. The van der Waals surface area contributed by atoms with E-state index in [4.69, 9.17) is 16.6 Å². The van der Waals surface area contributed by atoms with E-state index in [2.05, 4.69) is 62.3 Å². The van der Waals surface area contributed by atoms with Gasteiger partial charge in [0.1, 0.15) is 0 Å². The maximum Gasteiger partial charge on any atom is 0.191 e. The van der Waals surface area contributed by atoms with Crippen LogP contribution in [0.2, 0.25) is 5.02 Å². The summed E-state index contributed by atoms with van der Waals surface area (Å²) in [7, 11) is 0. The predicted molar refractivity (Wildman–Crippen MR) is 128 cm³/mol. The molecule has 7 heteroatoms. The summed E-state index contributed by atoms with van der Waals surface area (Å²) in [5, 5.41) is 7.76. The first kappa shape index (κ1) is 21.2. The molecule has 1 aliphatic rings. The zero-order chi connectivity index (χ0) is 21.5. The van der Waals surface area contributed by atoms with Gasteiger partial charge in [-0.3, -0.25) is 0 Å². The second-order valence-electron chi connectivity index (χ2n) is 7.81. The van der Waals surface area contributed by atoms with Crippen molar-refractivity contribution in [2.75, 3.05) is 24.5 Å². The van der Waals surface area contributed by atoms with Crippen molar-refractivity contribution in [1.29, 1.82) is 0 Å². The van der Waals surface area contributed by atoms with Gasteiger partial charge < -0.3 is 20.1 Å². The van der Waals surface area contributed by atoms with Gasteiger partial charge in [0.05, 0.1) is 12.9 Å². The van der Waals surface area contributed by atoms with Crippen LogP contribution >= 0.6 is 11.6 Å². The van der Waals surface area contributed by atoms with Crippen molar-refractivity contribution in [3.63, 3.8) is 0 Å². The standard InChI is InChI=1S/C24H29ClN6/c1-2-27-24(29-22-9-11-31(17-22)23-8-4-7-21(25)14-23)28-15-19-5-3-6-20(13-19)16-30-12-10-26-18-30/h3-8,10,12-14,18,22H,2,9,11,15-17H2,1H3,(H2,27,28,29). The van der Waals surface area contributed by atoms with Gasteiger partial charge in [0.2, 0.25) is 0 Å². The number of guanidine groups is 1. The minimum atomic E-state index is 0.351. The highest BCUT2D eigenvalue weighted by Crippen LogP contribution is 2.23. The van der Waals surface area contributed by atoms with Gasteiger partial charge >= 0.3 is 0 Å². The van der Waals surface area contributed by atoms with Crippen molar-refractivity contribution < 1.29 is 0 Å². The number of anilines is 1. The van der Waals surface area contributed by atoms with E-state index in [0.717, 1.165) is 43.6 Å². The lowest BCUT2D eigenvalue weighted by Gasteiger charge is -2.20. The number of benzene rings is 2. The predicted octanol–water partition coefficient (Wildman–Crippen LogP) is 3.92. The molecule has 6 nitrogen and oxygen atoms in total. The van der Waals surface area contributed by atoms with Crippen LogP contribution in [0.1, 0.15) is 24.5 Å². The van der Waals surface area contributed by atoms with Crippen molar-refractivity contribution in [2.24, 2.45) is 4.99 Å². The molecule has 0 spiro atoms. The molecule has 0 radical (unpaired) electrons. The molecule has 1 aliphatic heterocycles. The van der Waals surface area contributed by atoms with Crippen molar-refractivity contribution in [3.05, 3.63) is 83.4 Å². The molecule has 2 N–H and O–H groups in total. The average Bonchev–Trinajstić information content (AvgIpc) is 3.45. The number of halogens is 1. The van der Waals surface area contributed by atoms with Crippen LogP contribution in [-0.4, -0.2) is 41.2 Å². The Balaban J connectivity index is 1.36. The molecular formula is C24H29ClN6. The smallest absolute Gasteiger partial charge is 0.191 e. The second-order valence-corrected chi connectivity index (χ2v) is 8.24. The summed E-state index contributed by atoms with van der Waals surface area (Å²) in [6.07, 6.45) is 6.69. The first-order chi connectivity index (χ1) is 15.2. The zero-order valence-electron chi connectivity index (χ0n) is 17.8. The SMILES string of the molecule is CCNC(=NCc1cccc(Cn2ccnc2)c1)NC1CCN(c2cccc(Cl)c2)C1. The van der Waals surface area contributed by atoms with Crippen LogP contribution in [0, 0.1) is 0 Å². The third-order valence-electron chi connectivity index (χ3n) is 5.38. The second kappa shape index (κ2) is 10.4. The summed E-state index contributed by atoms with van der Waals surface area (Å²) in [4.78, 5) is 11.3. The Hall–Kier alpha value is -2.99. The average molecular weight is 437 g/mol. The number of nitrogens with one attached hydrogen (secondary N) is 2. The number of aliphatic imine (C=N–C) groups is 1. The summed E-state index contributed by atoms with van der Waals surface area (Å²) in [5.41, 5.74) is 3.62. The lowest BCUT2D eigenvalue weighted by atomic mass is 10.1. The molecular weight excluding hydrogens is 408 g/mol. The van der Waals surface area contributed by atoms with Crippen LogP contribution in [0.25, 0.3) is 0 Å². The van der Waals surface area contributed by atoms with Crippen LogP contribution in [0.3, 0.4) is 0 Å². The minimum Gasteiger partial charge on any atom is -0.369 e. The monoisotopic (exact) mass is 436 g/mol. The largest absolute Gasteiger partial charge is 0.369 e. The first-order valence-electron chi connectivity index (χ1n) is 10.8. The number of hydrogen-bond acceptors (Lipinski definition) is 3. The summed E-state index contributed by atoms with van der Waals surface area (Å²) < 4.78 is 2.07. The van der Waals surface area contributed by atoms with Crippen LogP contribution in [0.15, 0.2) is 72.2 Å². The number of hydrogen-bond donors (Lipinski definition) is 2. The highest BCUT2D eigenvalue weighted by Gasteiger charge is 2.23. The first-order valence-corrected chi connectivity index (χ1v) is 11.2. The fourth-order valence-electron chi connectivity index (χ4n) is 3.89. The molecule has 2 aromatic carbocycles. The highest BCUT2D eigenvalue weighted by molar-refractivity contribution is 6.30. The quantitative estimate of drug-likeness (QED) is 0.435. The van der Waals surface area contributed by atoms with Gasteiger partial charge in [0.15, 0.2) is 5.96 Å². The number of aromatic nitrogens is 2. The third kappa shape index (κ3) is 6.01. The molecule has 4 rings (SSSR count). The Labute approximate surface area is 189 Å². The van der Waals surface area contributed by atoms with Gasteiger partial charge in [-0.2, -0.15) is 0 Å². The van der Waals surface area contributed by atoms with E-state index in [0.29, 0.717) is 12.6 Å². The van der Waals surface area contributed by atoms with Crippen LogP contribution in [0.5, 0.6) is 0 Å². The topological polar surface area (TPSA) is 57.5 Å². The van der Waals surface area contributed by atoms with E-state index >= 15 is 0 Å². The van der Waals surface area contributed by atoms with Gasteiger partial charge in [-0.1, -0.05) is 41.9 Å². The normalized spacial score (nSPS) is 16.5. The summed E-state index contributed by atoms with van der Waals surface area (Å²) in [6.45, 7) is 6.32. The fourth-order valence-corrected chi connectivity index (χ4v) is 4.07. The molecule has 1 fully saturated rings. The van der Waals surface area contributed by atoms with Crippen LogP contribution < -0.4 is 15.5 Å². The molecule has 31 heavy (non-hydrogen) atoms. The Morgan fingerprint density at radius 2 is 2.06 bits per heavy atom. The summed E-state index contributed by atoms with van der Waals surface area (Å²) in [6, 6.07) is 17.0. The Bertz CT molecular complexity index is 1000. The van der Waals surface area contributed by atoms with Crippen molar-refractivity contribution in [3.8, 4) is 0 Å². The zero-order valence-corrected chi connectivity index (χ0v) is 18.6. The maximum atomic E-state index is 6.16. The number of imidazole rings is 1. The van der Waals surface area contributed by atoms with Gasteiger partial charge in [-0.25, -0.2) is 9.98 Å². The Kier molecular flexibility index (Phi) is 7.10. The molecule has 0 bridgehead atoms. The van der Waals surface area contributed by atoms with E-state index in [9.17, 15) is 0 Å². The number of nitrogens with zero attached hydrogens (tertiary/aromatic N) is 4. The van der Waals surface area contributed by atoms with Gasteiger partial charge in [-0.15, -0.1) is 0 Å². The Morgan fingerprint density at radius 3 is 2.87 bits per heavy atom. The summed E-state index contributed by atoms with van der Waals surface area (Å²) >= 11 is 6.16. The van der Waals surface area contributed by atoms with Gasteiger partial charge in [0.25, 0.3) is 0 Å². The molecule has 0 aliphatic carbocycles. The molecule has 2 heterocycles. The van der Waals surface area contributed by atoms with Gasteiger partial charge in [-0.05, 0) is 42.7 Å². The van der Waals surface area contributed by atoms with E-state index in [1.165, 1.54) is 16.8 Å². The van der Waals surface area contributed by atoms with E-state index in [1.807, 2.05) is 30.7 Å². The molecule has 1 saturated heterocycles. The fraction of sp³-hybridized carbons (Fsp3) is 0.333. The number of rotatable bonds is 7. The minimum absolute atomic E-state index is 0.351. The molecule has 1 aromatic heterocycles. The molecule has 1 atom stereocenters. The molecule has 162 valence electrons. The van der Waals surface area contributed by atoms with Crippen molar-refractivity contribution in [2.45, 2.75) is 32.5 Å². The van der Waals surface area contributed by atoms with Crippen molar-refractivity contribution in [1.82, 2.24) is 20.2 Å². The molecule has 3 aromatic rings. The van der Waals surface area contributed by atoms with Crippen LogP contribution in [-0.2, 0) is 13.1 Å².